The van der Waals surface area contributed by atoms with Gasteiger partial charge in [-0.15, -0.1) is 12.4 Å². The lowest BCUT2D eigenvalue weighted by Crippen LogP contribution is -2.56. The second-order valence-corrected chi connectivity index (χ2v) is 6.60. The SMILES string of the molecule is COc1cc(CN2CCCC(N3CCNCC3=O)C2)ccc1C.Cl. The average molecular weight is 354 g/mol. The first-order valence-electron chi connectivity index (χ1n) is 8.53. The number of rotatable bonds is 4. The van der Waals surface area contributed by atoms with Crippen LogP contribution < -0.4 is 10.1 Å². The second-order valence-electron chi connectivity index (χ2n) is 6.60. The molecule has 1 atom stereocenters. The number of likely N-dealkylation sites (tertiary alicyclic amines) is 1. The van der Waals surface area contributed by atoms with Gasteiger partial charge in [-0.1, -0.05) is 12.1 Å². The molecule has 1 unspecified atom stereocenters. The Morgan fingerprint density at radius 1 is 1.33 bits per heavy atom. The number of methoxy groups -OCH3 is 1. The highest BCUT2D eigenvalue weighted by Crippen LogP contribution is 2.22. The summed E-state index contributed by atoms with van der Waals surface area (Å²) in [6.07, 6.45) is 2.28. The minimum atomic E-state index is 0. The molecule has 1 amide bonds. The van der Waals surface area contributed by atoms with Gasteiger partial charge in [0.25, 0.3) is 0 Å². The van der Waals surface area contributed by atoms with Gasteiger partial charge in [-0.25, -0.2) is 0 Å². The first kappa shape index (κ1) is 19.0. The summed E-state index contributed by atoms with van der Waals surface area (Å²) in [6, 6.07) is 6.80. The molecule has 1 aromatic rings. The number of benzene rings is 1. The fraction of sp³-hybridized carbons (Fsp3) is 0.611. The Kier molecular flexibility index (Phi) is 6.90. The predicted octanol–water partition coefficient (Wildman–Crippen LogP) is 1.82. The first-order valence-corrected chi connectivity index (χ1v) is 8.53. The number of carbonyl (C=O) groups excluding carboxylic acids is 1. The quantitative estimate of drug-likeness (QED) is 0.896. The van der Waals surface area contributed by atoms with Gasteiger partial charge in [0.15, 0.2) is 0 Å². The summed E-state index contributed by atoms with van der Waals surface area (Å²) in [6.45, 7) is 7.32. The zero-order chi connectivity index (χ0) is 16.2. The third kappa shape index (κ3) is 4.41. The van der Waals surface area contributed by atoms with Gasteiger partial charge >= 0.3 is 0 Å². The normalized spacial score (nSPS) is 22.2. The van der Waals surface area contributed by atoms with Crippen LogP contribution >= 0.6 is 12.4 Å². The lowest BCUT2D eigenvalue weighted by Gasteiger charge is -2.41. The van der Waals surface area contributed by atoms with Gasteiger partial charge in [-0.2, -0.15) is 0 Å². The smallest absolute Gasteiger partial charge is 0.236 e. The van der Waals surface area contributed by atoms with E-state index in [9.17, 15) is 4.79 Å². The number of hydrogen-bond donors (Lipinski definition) is 1. The van der Waals surface area contributed by atoms with E-state index >= 15 is 0 Å². The van der Waals surface area contributed by atoms with Crippen LogP contribution in [0.15, 0.2) is 18.2 Å². The van der Waals surface area contributed by atoms with Crippen LogP contribution in [-0.4, -0.2) is 61.6 Å². The number of hydrogen-bond acceptors (Lipinski definition) is 4. The Balaban J connectivity index is 0.00000208. The molecule has 24 heavy (non-hydrogen) atoms. The van der Waals surface area contributed by atoms with Gasteiger partial charge in [0, 0.05) is 32.2 Å². The molecule has 2 fully saturated rings. The summed E-state index contributed by atoms with van der Waals surface area (Å²) in [5.74, 6) is 1.20. The molecule has 134 valence electrons. The van der Waals surface area contributed by atoms with E-state index in [1.807, 2.05) is 0 Å². The Morgan fingerprint density at radius 3 is 2.92 bits per heavy atom. The highest BCUT2D eigenvalue weighted by molar-refractivity contribution is 5.85. The number of ether oxygens (including phenoxy) is 1. The van der Waals surface area contributed by atoms with Crippen molar-refractivity contribution >= 4 is 18.3 Å². The van der Waals surface area contributed by atoms with Crippen molar-refractivity contribution in [2.75, 3.05) is 39.8 Å². The molecule has 0 aromatic heterocycles. The lowest BCUT2D eigenvalue weighted by atomic mass is 10.0. The largest absolute Gasteiger partial charge is 0.496 e. The number of piperidine rings is 1. The first-order chi connectivity index (χ1) is 11.2. The molecule has 0 saturated carbocycles. The molecule has 2 saturated heterocycles. The Bertz CT molecular complexity index is 567. The minimum Gasteiger partial charge on any atom is -0.496 e. The van der Waals surface area contributed by atoms with E-state index in [2.05, 4.69) is 40.2 Å². The molecule has 0 spiro atoms. The molecule has 5 nitrogen and oxygen atoms in total. The molecule has 1 aromatic carbocycles. The third-order valence-electron chi connectivity index (χ3n) is 4.93. The zero-order valence-corrected chi connectivity index (χ0v) is 15.4. The maximum absolute atomic E-state index is 12.1. The molecule has 1 N–H and O–H groups in total. The number of halogens is 1. The monoisotopic (exact) mass is 353 g/mol. The molecule has 2 aliphatic rings. The Labute approximate surface area is 150 Å². The highest BCUT2D eigenvalue weighted by atomic mass is 35.5. The van der Waals surface area contributed by atoms with Crippen molar-refractivity contribution in [1.82, 2.24) is 15.1 Å². The maximum atomic E-state index is 12.1. The van der Waals surface area contributed by atoms with Crippen molar-refractivity contribution < 1.29 is 9.53 Å². The van der Waals surface area contributed by atoms with Crippen molar-refractivity contribution in [3.8, 4) is 5.75 Å². The Morgan fingerprint density at radius 2 is 2.17 bits per heavy atom. The summed E-state index contributed by atoms with van der Waals surface area (Å²) >= 11 is 0. The van der Waals surface area contributed by atoms with Crippen molar-refractivity contribution in [3.63, 3.8) is 0 Å². The molecule has 6 heteroatoms. The standard InChI is InChI=1S/C18H27N3O2.ClH/c1-14-5-6-15(10-17(14)23-2)12-20-8-3-4-16(13-20)21-9-7-19-11-18(21)22;/h5-6,10,16,19H,3-4,7-9,11-13H2,1-2H3;1H. The number of nitrogens with one attached hydrogen (secondary N) is 1. The van der Waals surface area contributed by atoms with Gasteiger partial charge in [0.2, 0.25) is 5.91 Å². The van der Waals surface area contributed by atoms with Crippen molar-refractivity contribution in [1.29, 1.82) is 0 Å². The van der Waals surface area contributed by atoms with Gasteiger partial charge in [0.05, 0.1) is 13.7 Å². The van der Waals surface area contributed by atoms with E-state index in [0.29, 0.717) is 12.6 Å². The van der Waals surface area contributed by atoms with E-state index in [-0.39, 0.29) is 18.3 Å². The zero-order valence-electron chi connectivity index (χ0n) is 14.6. The predicted molar refractivity (Wildman–Crippen MR) is 97.9 cm³/mol. The van der Waals surface area contributed by atoms with Crippen LogP contribution in [0.4, 0.5) is 0 Å². The van der Waals surface area contributed by atoms with Gasteiger partial charge in [0.1, 0.15) is 5.75 Å². The van der Waals surface area contributed by atoms with Crippen LogP contribution in [0.2, 0.25) is 0 Å². The van der Waals surface area contributed by atoms with Gasteiger partial charge < -0.3 is 15.0 Å². The molecule has 2 heterocycles. The van der Waals surface area contributed by atoms with Crippen LogP contribution in [-0.2, 0) is 11.3 Å². The van der Waals surface area contributed by atoms with E-state index in [1.54, 1.807) is 7.11 Å². The van der Waals surface area contributed by atoms with Gasteiger partial charge in [-0.05, 0) is 43.5 Å². The van der Waals surface area contributed by atoms with Crippen molar-refractivity contribution in [3.05, 3.63) is 29.3 Å². The van der Waals surface area contributed by atoms with E-state index < -0.39 is 0 Å². The molecule has 0 radical (unpaired) electrons. The topological polar surface area (TPSA) is 44.8 Å². The summed E-state index contributed by atoms with van der Waals surface area (Å²) in [5.41, 5.74) is 2.44. The van der Waals surface area contributed by atoms with E-state index in [0.717, 1.165) is 51.3 Å². The van der Waals surface area contributed by atoms with Crippen molar-refractivity contribution in [2.45, 2.75) is 32.4 Å². The van der Waals surface area contributed by atoms with Crippen molar-refractivity contribution in [2.24, 2.45) is 0 Å². The number of piperazine rings is 1. The molecular formula is C18H28ClN3O2. The molecule has 0 aliphatic carbocycles. The van der Waals surface area contributed by atoms with Crippen LogP contribution in [0.3, 0.4) is 0 Å². The maximum Gasteiger partial charge on any atom is 0.236 e. The number of carbonyl (C=O) groups is 1. The summed E-state index contributed by atoms with van der Waals surface area (Å²) in [7, 11) is 1.72. The van der Waals surface area contributed by atoms with Crippen LogP contribution in [0.25, 0.3) is 0 Å². The lowest BCUT2D eigenvalue weighted by molar-refractivity contribution is -0.135. The summed E-state index contributed by atoms with van der Waals surface area (Å²) < 4.78 is 5.43. The number of amides is 1. The number of nitrogens with zero attached hydrogens (tertiary/aromatic N) is 2. The fourth-order valence-corrected chi connectivity index (χ4v) is 3.66. The van der Waals surface area contributed by atoms with Crippen LogP contribution in [0.5, 0.6) is 5.75 Å². The van der Waals surface area contributed by atoms with E-state index in [4.69, 9.17) is 4.74 Å². The molecule has 2 aliphatic heterocycles. The Hall–Kier alpha value is -1.30. The molecular weight excluding hydrogens is 326 g/mol. The molecule has 3 rings (SSSR count). The van der Waals surface area contributed by atoms with Gasteiger partial charge in [-0.3, -0.25) is 9.69 Å². The molecule has 0 bridgehead atoms. The summed E-state index contributed by atoms with van der Waals surface area (Å²) in [5, 5.41) is 3.15. The van der Waals surface area contributed by atoms with E-state index in [1.165, 1.54) is 11.1 Å². The fourth-order valence-electron chi connectivity index (χ4n) is 3.66. The minimum absolute atomic E-state index is 0. The van der Waals surface area contributed by atoms with Crippen LogP contribution in [0, 0.1) is 6.92 Å². The average Bonchev–Trinajstić information content (AvgIpc) is 2.57. The highest BCUT2D eigenvalue weighted by Gasteiger charge is 2.29. The third-order valence-corrected chi connectivity index (χ3v) is 4.93. The summed E-state index contributed by atoms with van der Waals surface area (Å²) in [4.78, 5) is 16.7. The second kappa shape index (κ2) is 8.70. The number of aryl methyl sites for hydroxylation is 1. The van der Waals surface area contributed by atoms with Crippen LogP contribution in [0.1, 0.15) is 24.0 Å².